The van der Waals surface area contributed by atoms with E-state index in [9.17, 15) is 4.79 Å². The summed E-state index contributed by atoms with van der Waals surface area (Å²) >= 11 is 0. The minimum Gasteiger partial charge on any atom is -0.336 e. The fourth-order valence-corrected chi connectivity index (χ4v) is 4.55. The van der Waals surface area contributed by atoms with Crippen LogP contribution in [-0.4, -0.2) is 57.5 Å². The Hall–Kier alpha value is -2.66. The van der Waals surface area contributed by atoms with Crippen LogP contribution in [0.3, 0.4) is 0 Å². The van der Waals surface area contributed by atoms with Gasteiger partial charge in [-0.1, -0.05) is 30.3 Å². The fourth-order valence-electron chi connectivity index (χ4n) is 4.55. The summed E-state index contributed by atoms with van der Waals surface area (Å²) in [6.45, 7) is 3.50. The number of carbonyl (C=O) groups excluding carboxylic acids is 1. The predicted octanol–water partition coefficient (Wildman–Crippen LogP) is 2.65. The van der Waals surface area contributed by atoms with E-state index in [1.54, 1.807) is 10.7 Å². The third-order valence-corrected chi connectivity index (χ3v) is 6.10. The number of hydrogen-bond donors (Lipinski definition) is 0. The van der Waals surface area contributed by atoms with Crippen molar-refractivity contribution in [2.24, 2.45) is 0 Å². The van der Waals surface area contributed by atoms with Gasteiger partial charge in [0.1, 0.15) is 0 Å². The molecular formula is C22H24N4O. The van der Waals surface area contributed by atoms with Crippen LogP contribution in [0.4, 0.5) is 0 Å². The highest BCUT2D eigenvalue weighted by Gasteiger charge is 2.29. The Morgan fingerprint density at radius 3 is 2.59 bits per heavy atom. The summed E-state index contributed by atoms with van der Waals surface area (Å²) in [7, 11) is 0. The number of carbonyl (C=O) groups is 1. The molecule has 1 aliphatic heterocycles. The summed E-state index contributed by atoms with van der Waals surface area (Å²) in [6.07, 6.45) is 7.10. The summed E-state index contributed by atoms with van der Waals surface area (Å²) in [4.78, 5) is 17.5. The molecule has 3 aromatic rings. The average molecular weight is 360 g/mol. The lowest BCUT2D eigenvalue weighted by molar-refractivity contribution is 0.0555. The first-order valence-corrected chi connectivity index (χ1v) is 9.82. The van der Waals surface area contributed by atoms with Crippen LogP contribution in [0.25, 0.3) is 5.52 Å². The maximum absolute atomic E-state index is 13.0. The summed E-state index contributed by atoms with van der Waals surface area (Å²) in [5, 5.41) is 4.30. The summed E-state index contributed by atoms with van der Waals surface area (Å²) in [5.41, 5.74) is 4.60. The van der Waals surface area contributed by atoms with Gasteiger partial charge in [-0.15, -0.1) is 0 Å². The van der Waals surface area contributed by atoms with Crippen molar-refractivity contribution in [1.29, 1.82) is 0 Å². The molecule has 2 aromatic heterocycles. The zero-order valence-corrected chi connectivity index (χ0v) is 15.4. The van der Waals surface area contributed by atoms with Crippen LogP contribution in [-0.2, 0) is 12.8 Å². The molecule has 0 radical (unpaired) electrons. The van der Waals surface area contributed by atoms with E-state index in [1.807, 2.05) is 29.3 Å². The second-order valence-electron chi connectivity index (χ2n) is 7.58. The number of aromatic nitrogens is 2. The lowest BCUT2D eigenvalue weighted by Crippen LogP contribution is -2.53. The van der Waals surface area contributed by atoms with Crippen molar-refractivity contribution < 1.29 is 4.79 Å². The quantitative estimate of drug-likeness (QED) is 0.705. The molecule has 0 N–H and O–H groups in total. The van der Waals surface area contributed by atoms with Crippen molar-refractivity contribution in [2.45, 2.75) is 25.3 Å². The largest absolute Gasteiger partial charge is 0.336 e. The molecule has 1 aliphatic carbocycles. The van der Waals surface area contributed by atoms with E-state index in [1.165, 1.54) is 24.0 Å². The second kappa shape index (κ2) is 6.82. The molecule has 2 aliphatic rings. The maximum atomic E-state index is 13.0. The van der Waals surface area contributed by atoms with Gasteiger partial charge in [0.2, 0.25) is 0 Å². The van der Waals surface area contributed by atoms with Crippen LogP contribution in [0.1, 0.15) is 27.9 Å². The van der Waals surface area contributed by atoms with Crippen LogP contribution < -0.4 is 0 Å². The Labute approximate surface area is 159 Å². The van der Waals surface area contributed by atoms with Gasteiger partial charge in [-0.05, 0) is 42.5 Å². The maximum Gasteiger partial charge on any atom is 0.257 e. The highest BCUT2D eigenvalue weighted by Crippen LogP contribution is 2.25. The van der Waals surface area contributed by atoms with Gasteiger partial charge in [0, 0.05) is 38.4 Å². The molecule has 5 heteroatoms. The number of aryl methyl sites for hydroxylation is 1. The minimum atomic E-state index is 0.102. The van der Waals surface area contributed by atoms with E-state index >= 15 is 0 Å². The third kappa shape index (κ3) is 3.02. The fraction of sp³-hybridized carbons (Fsp3) is 0.364. The van der Waals surface area contributed by atoms with Crippen LogP contribution in [0.2, 0.25) is 0 Å². The van der Waals surface area contributed by atoms with E-state index < -0.39 is 0 Å². The second-order valence-corrected chi connectivity index (χ2v) is 7.58. The van der Waals surface area contributed by atoms with Gasteiger partial charge in [0.15, 0.2) is 0 Å². The van der Waals surface area contributed by atoms with Crippen LogP contribution in [0, 0.1) is 0 Å². The molecule has 5 rings (SSSR count). The summed E-state index contributed by atoms with van der Waals surface area (Å²) in [5.74, 6) is 0.102. The topological polar surface area (TPSA) is 40.9 Å². The van der Waals surface area contributed by atoms with Crippen molar-refractivity contribution in [3.8, 4) is 0 Å². The number of fused-ring (bicyclic) bond motifs is 2. The number of benzene rings is 1. The zero-order chi connectivity index (χ0) is 18.2. The Morgan fingerprint density at radius 2 is 1.74 bits per heavy atom. The molecule has 1 amide bonds. The average Bonchev–Trinajstić information content (AvgIpc) is 3.17. The van der Waals surface area contributed by atoms with E-state index in [4.69, 9.17) is 0 Å². The number of pyridine rings is 1. The number of piperazine rings is 1. The van der Waals surface area contributed by atoms with Gasteiger partial charge in [-0.25, -0.2) is 4.52 Å². The van der Waals surface area contributed by atoms with Crippen LogP contribution in [0.5, 0.6) is 0 Å². The van der Waals surface area contributed by atoms with Crippen molar-refractivity contribution in [3.63, 3.8) is 0 Å². The van der Waals surface area contributed by atoms with Gasteiger partial charge in [-0.3, -0.25) is 9.69 Å². The Morgan fingerprint density at radius 1 is 0.963 bits per heavy atom. The van der Waals surface area contributed by atoms with Gasteiger partial charge in [-0.2, -0.15) is 5.10 Å². The van der Waals surface area contributed by atoms with Gasteiger partial charge >= 0.3 is 0 Å². The Balaban J connectivity index is 1.25. The first-order valence-electron chi connectivity index (χ1n) is 9.82. The Kier molecular flexibility index (Phi) is 4.17. The molecule has 0 saturated carbocycles. The summed E-state index contributed by atoms with van der Waals surface area (Å²) < 4.78 is 1.77. The number of amides is 1. The molecule has 138 valence electrons. The van der Waals surface area contributed by atoms with Crippen molar-refractivity contribution in [1.82, 2.24) is 19.4 Å². The van der Waals surface area contributed by atoms with Crippen LogP contribution in [0.15, 0.2) is 54.9 Å². The number of rotatable bonds is 2. The summed E-state index contributed by atoms with van der Waals surface area (Å²) in [6, 6.07) is 15.3. The van der Waals surface area contributed by atoms with E-state index in [0.717, 1.165) is 38.1 Å². The highest BCUT2D eigenvalue weighted by atomic mass is 16.2. The lowest BCUT2D eigenvalue weighted by Gasteiger charge is -2.41. The van der Waals surface area contributed by atoms with Crippen molar-refractivity contribution in [2.75, 3.05) is 26.2 Å². The SMILES string of the molecule is O=C(c1cnn2ccccc12)N1CCN(C2CCc3ccccc3C2)CC1. The highest BCUT2D eigenvalue weighted by molar-refractivity contribution is 6.00. The van der Waals surface area contributed by atoms with Crippen LogP contribution >= 0.6 is 0 Å². The number of hydrogen-bond acceptors (Lipinski definition) is 3. The lowest BCUT2D eigenvalue weighted by atomic mass is 9.87. The molecule has 1 fully saturated rings. The molecule has 3 heterocycles. The Bertz CT molecular complexity index is 971. The van der Waals surface area contributed by atoms with Gasteiger partial charge in [0.05, 0.1) is 17.3 Å². The normalized spacial score (nSPS) is 20.6. The monoisotopic (exact) mass is 360 g/mol. The number of nitrogens with zero attached hydrogens (tertiary/aromatic N) is 4. The first kappa shape index (κ1) is 16.5. The third-order valence-electron chi connectivity index (χ3n) is 6.10. The zero-order valence-electron chi connectivity index (χ0n) is 15.4. The van der Waals surface area contributed by atoms with Gasteiger partial charge < -0.3 is 4.90 Å². The van der Waals surface area contributed by atoms with E-state index in [-0.39, 0.29) is 5.91 Å². The van der Waals surface area contributed by atoms with Gasteiger partial charge in [0.25, 0.3) is 5.91 Å². The predicted molar refractivity (Wildman–Crippen MR) is 105 cm³/mol. The molecule has 27 heavy (non-hydrogen) atoms. The molecule has 5 nitrogen and oxygen atoms in total. The molecule has 1 unspecified atom stereocenters. The molecule has 1 saturated heterocycles. The first-order chi connectivity index (χ1) is 13.3. The van der Waals surface area contributed by atoms with Crippen molar-refractivity contribution >= 4 is 11.4 Å². The standard InChI is InChI=1S/C22H24N4O/c27-22(20-16-23-26-10-4-3-7-21(20)26)25-13-11-24(12-14-25)19-9-8-17-5-1-2-6-18(17)15-19/h1-7,10,16,19H,8-9,11-15H2. The van der Waals surface area contributed by atoms with Crippen molar-refractivity contribution in [3.05, 3.63) is 71.5 Å². The van der Waals surface area contributed by atoms with E-state index in [2.05, 4.69) is 34.3 Å². The minimum absolute atomic E-state index is 0.102. The smallest absolute Gasteiger partial charge is 0.257 e. The molecule has 0 spiro atoms. The van der Waals surface area contributed by atoms with E-state index in [0.29, 0.717) is 11.6 Å². The molecule has 0 bridgehead atoms. The molecule has 1 aromatic carbocycles. The molecule has 1 atom stereocenters. The molecular weight excluding hydrogens is 336 g/mol.